The van der Waals surface area contributed by atoms with Gasteiger partial charge in [-0.1, -0.05) is 35.5 Å². The van der Waals surface area contributed by atoms with Crippen LogP contribution in [0.25, 0.3) is 11.5 Å². The van der Waals surface area contributed by atoms with Gasteiger partial charge < -0.3 is 14.0 Å². The van der Waals surface area contributed by atoms with Crippen molar-refractivity contribution in [3.63, 3.8) is 0 Å². The fraction of sp³-hybridized carbons (Fsp3) is 0.263. The average molecular weight is 401 g/mol. The van der Waals surface area contributed by atoms with E-state index in [1.807, 2.05) is 30.3 Å². The van der Waals surface area contributed by atoms with Crippen molar-refractivity contribution in [3.05, 3.63) is 60.4 Å². The molecule has 4 rings (SSSR count). The first-order chi connectivity index (χ1) is 13.6. The first-order valence-corrected chi connectivity index (χ1v) is 10.2. The monoisotopic (exact) mass is 401 g/mol. The molecule has 0 aliphatic carbocycles. The first-order valence-electron chi connectivity index (χ1n) is 8.73. The maximum atomic E-state index is 13.1. The third-order valence-corrected chi connectivity index (χ3v) is 6.37. The van der Waals surface area contributed by atoms with Gasteiger partial charge in [0.05, 0.1) is 13.7 Å². The Balaban J connectivity index is 1.57. The van der Waals surface area contributed by atoms with Crippen molar-refractivity contribution >= 4 is 10.0 Å². The number of benzene rings is 2. The van der Waals surface area contributed by atoms with Crippen LogP contribution in [0.2, 0.25) is 0 Å². The lowest BCUT2D eigenvalue weighted by Crippen LogP contribution is -2.42. The number of methoxy groups -OCH3 is 1. The number of sulfonamides is 1. The van der Waals surface area contributed by atoms with Crippen molar-refractivity contribution < 1.29 is 22.4 Å². The standard InChI is InChI=1S/C19H19N3O5S/c1-25-15-9-5-6-10-17(15)28(23,24)22-11-12-26-16(13-22)18-20-19(27-21-18)14-7-3-2-4-8-14/h2-10,16H,11-13H2,1H3/t16-/m0/s1. The van der Waals surface area contributed by atoms with Gasteiger partial charge in [-0.2, -0.15) is 9.29 Å². The van der Waals surface area contributed by atoms with E-state index in [1.54, 1.807) is 18.2 Å². The molecule has 0 saturated carbocycles. The molecule has 1 aliphatic heterocycles. The molecule has 0 spiro atoms. The lowest BCUT2D eigenvalue weighted by Gasteiger charge is -2.30. The number of ether oxygens (including phenoxy) is 2. The Morgan fingerprint density at radius 3 is 2.64 bits per heavy atom. The minimum absolute atomic E-state index is 0.0914. The fourth-order valence-corrected chi connectivity index (χ4v) is 4.62. The first kappa shape index (κ1) is 18.6. The van der Waals surface area contributed by atoms with Crippen LogP contribution >= 0.6 is 0 Å². The number of nitrogens with zero attached hydrogens (tertiary/aromatic N) is 3. The average Bonchev–Trinajstić information content (AvgIpc) is 3.25. The van der Waals surface area contributed by atoms with Crippen LogP contribution < -0.4 is 4.74 Å². The molecule has 3 aromatic rings. The Bertz CT molecular complexity index is 1050. The third kappa shape index (κ3) is 3.51. The number of hydrogen-bond donors (Lipinski definition) is 0. The van der Waals surface area contributed by atoms with Crippen molar-refractivity contribution in [3.8, 4) is 17.2 Å². The van der Waals surface area contributed by atoms with Crippen LogP contribution in [0.3, 0.4) is 0 Å². The zero-order chi connectivity index (χ0) is 19.6. The highest BCUT2D eigenvalue weighted by molar-refractivity contribution is 7.89. The second-order valence-corrected chi connectivity index (χ2v) is 8.10. The van der Waals surface area contributed by atoms with Gasteiger partial charge in [-0.05, 0) is 24.3 Å². The molecule has 0 bridgehead atoms. The van der Waals surface area contributed by atoms with Gasteiger partial charge in [-0.25, -0.2) is 8.42 Å². The number of para-hydroxylation sites is 1. The molecule has 28 heavy (non-hydrogen) atoms. The molecule has 1 saturated heterocycles. The zero-order valence-corrected chi connectivity index (χ0v) is 16.0. The van der Waals surface area contributed by atoms with Crippen molar-refractivity contribution in [1.82, 2.24) is 14.4 Å². The number of aromatic nitrogens is 2. The van der Waals surface area contributed by atoms with Crippen LogP contribution in [0, 0.1) is 0 Å². The molecule has 1 fully saturated rings. The van der Waals surface area contributed by atoms with E-state index in [2.05, 4.69) is 10.1 Å². The van der Waals surface area contributed by atoms with Crippen LogP contribution in [0.1, 0.15) is 11.9 Å². The summed E-state index contributed by atoms with van der Waals surface area (Å²) >= 11 is 0. The minimum Gasteiger partial charge on any atom is -0.495 e. The molecule has 2 heterocycles. The van der Waals surface area contributed by atoms with Crippen LogP contribution in [-0.2, 0) is 14.8 Å². The van der Waals surface area contributed by atoms with Gasteiger partial charge in [0, 0.05) is 18.7 Å². The molecule has 0 radical (unpaired) electrons. The molecule has 9 heteroatoms. The molecule has 2 aromatic carbocycles. The molecule has 146 valence electrons. The van der Waals surface area contributed by atoms with Crippen molar-refractivity contribution in [2.75, 3.05) is 26.8 Å². The largest absolute Gasteiger partial charge is 0.495 e. The molecule has 1 aliphatic rings. The summed E-state index contributed by atoms with van der Waals surface area (Å²) in [7, 11) is -2.30. The lowest BCUT2D eigenvalue weighted by molar-refractivity contribution is -0.00862. The summed E-state index contributed by atoms with van der Waals surface area (Å²) in [5.74, 6) is 0.985. The van der Waals surface area contributed by atoms with Gasteiger partial charge in [-0.3, -0.25) is 0 Å². The van der Waals surface area contributed by atoms with E-state index in [0.717, 1.165) is 5.56 Å². The number of rotatable bonds is 5. The van der Waals surface area contributed by atoms with Crippen LogP contribution in [0.15, 0.2) is 64.0 Å². The zero-order valence-electron chi connectivity index (χ0n) is 15.2. The van der Waals surface area contributed by atoms with Crippen molar-refractivity contribution in [1.29, 1.82) is 0 Å². The van der Waals surface area contributed by atoms with E-state index in [-0.39, 0.29) is 24.6 Å². The Hall–Kier alpha value is -2.75. The van der Waals surface area contributed by atoms with E-state index in [1.165, 1.54) is 17.5 Å². The van der Waals surface area contributed by atoms with Gasteiger partial charge in [-0.15, -0.1) is 0 Å². The fourth-order valence-electron chi connectivity index (χ4n) is 3.03. The highest BCUT2D eigenvalue weighted by atomic mass is 32.2. The maximum Gasteiger partial charge on any atom is 0.258 e. The summed E-state index contributed by atoms with van der Waals surface area (Å²) < 4.78 is 43.8. The smallest absolute Gasteiger partial charge is 0.258 e. The Labute approximate surface area is 162 Å². The SMILES string of the molecule is COc1ccccc1S(=O)(=O)N1CCO[C@H](c2noc(-c3ccccc3)n2)C1. The second kappa shape index (κ2) is 7.70. The molecule has 0 N–H and O–H groups in total. The minimum atomic E-state index is -3.75. The van der Waals surface area contributed by atoms with E-state index in [4.69, 9.17) is 14.0 Å². The van der Waals surface area contributed by atoms with E-state index in [9.17, 15) is 8.42 Å². The highest BCUT2D eigenvalue weighted by Gasteiger charge is 2.35. The maximum absolute atomic E-state index is 13.1. The predicted octanol–water partition coefficient (Wildman–Crippen LogP) is 2.51. The van der Waals surface area contributed by atoms with Crippen molar-refractivity contribution in [2.45, 2.75) is 11.0 Å². The van der Waals surface area contributed by atoms with Crippen LogP contribution in [-0.4, -0.2) is 49.7 Å². The third-order valence-electron chi connectivity index (χ3n) is 4.47. The van der Waals surface area contributed by atoms with Crippen LogP contribution in [0.5, 0.6) is 5.75 Å². The quantitative estimate of drug-likeness (QED) is 0.648. The summed E-state index contributed by atoms with van der Waals surface area (Å²) in [6, 6.07) is 15.9. The summed E-state index contributed by atoms with van der Waals surface area (Å²) in [4.78, 5) is 4.50. The molecular weight excluding hydrogens is 382 g/mol. The highest BCUT2D eigenvalue weighted by Crippen LogP contribution is 2.30. The van der Waals surface area contributed by atoms with Crippen LogP contribution in [0.4, 0.5) is 0 Å². The van der Waals surface area contributed by atoms with E-state index in [0.29, 0.717) is 17.5 Å². The summed E-state index contributed by atoms with van der Waals surface area (Å²) in [6.07, 6.45) is -0.612. The molecule has 1 aromatic heterocycles. The summed E-state index contributed by atoms with van der Waals surface area (Å²) in [6.45, 7) is 0.558. The van der Waals surface area contributed by atoms with E-state index < -0.39 is 16.1 Å². The Kier molecular flexibility index (Phi) is 5.12. The van der Waals surface area contributed by atoms with Gasteiger partial charge in [0.15, 0.2) is 0 Å². The summed E-state index contributed by atoms with van der Waals surface area (Å²) in [5, 5.41) is 3.98. The molecule has 0 unspecified atom stereocenters. The van der Waals surface area contributed by atoms with E-state index >= 15 is 0 Å². The van der Waals surface area contributed by atoms with Crippen molar-refractivity contribution in [2.24, 2.45) is 0 Å². The normalized spacial score (nSPS) is 18.1. The molecule has 1 atom stereocenters. The predicted molar refractivity (Wildman–Crippen MR) is 100 cm³/mol. The topological polar surface area (TPSA) is 94.8 Å². The van der Waals surface area contributed by atoms with Gasteiger partial charge in [0.25, 0.3) is 5.89 Å². The molecule has 8 nitrogen and oxygen atoms in total. The van der Waals surface area contributed by atoms with Gasteiger partial charge in [0.1, 0.15) is 16.7 Å². The Morgan fingerprint density at radius 1 is 1.11 bits per heavy atom. The lowest BCUT2D eigenvalue weighted by atomic mass is 10.2. The number of morpholine rings is 1. The number of hydrogen-bond acceptors (Lipinski definition) is 7. The molecular formula is C19H19N3O5S. The second-order valence-electron chi connectivity index (χ2n) is 6.20. The van der Waals surface area contributed by atoms with Gasteiger partial charge in [0.2, 0.25) is 15.8 Å². The summed E-state index contributed by atoms with van der Waals surface area (Å²) in [5.41, 5.74) is 0.788. The Morgan fingerprint density at radius 2 is 1.86 bits per heavy atom. The molecule has 0 amide bonds. The van der Waals surface area contributed by atoms with Gasteiger partial charge >= 0.3 is 0 Å².